The van der Waals surface area contributed by atoms with E-state index in [0.29, 0.717) is 12.1 Å². The molecule has 1 fully saturated rings. The van der Waals surface area contributed by atoms with Gasteiger partial charge in [0, 0.05) is 30.4 Å². The van der Waals surface area contributed by atoms with Gasteiger partial charge in [-0.2, -0.15) is 5.10 Å². The third kappa shape index (κ3) is 2.58. The lowest BCUT2D eigenvalue weighted by atomic mass is 9.78. The van der Waals surface area contributed by atoms with E-state index in [2.05, 4.69) is 42.2 Å². The third-order valence-electron chi connectivity index (χ3n) is 5.41. The van der Waals surface area contributed by atoms with Crippen LogP contribution in [0.5, 0.6) is 0 Å². The van der Waals surface area contributed by atoms with Crippen molar-refractivity contribution in [1.29, 1.82) is 0 Å². The van der Waals surface area contributed by atoms with Crippen molar-refractivity contribution in [2.24, 2.45) is 18.9 Å². The molecule has 0 aromatic carbocycles. The summed E-state index contributed by atoms with van der Waals surface area (Å²) in [5.41, 5.74) is 2.90. The number of fused-ring (bicyclic) bond motifs is 1. The molecule has 3 nitrogen and oxygen atoms in total. The van der Waals surface area contributed by atoms with Crippen LogP contribution in [-0.2, 0) is 13.5 Å². The second-order valence-corrected chi connectivity index (χ2v) is 6.75. The first-order valence-corrected chi connectivity index (χ1v) is 7.92. The molecule has 3 rings (SSSR count). The Kier molecular flexibility index (Phi) is 3.66. The molecule has 19 heavy (non-hydrogen) atoms. The summed E-state index contributed by atoms with van der Waals surface area (Å²) in [5, 5.41) is 8.37. The first kappa shape index (κ1) is 13.2. The molecule has 0 bridgehead atoms. The Morgan fingerprint density at radius 1 is 1.21 bits per heavy atom. The van der Waals surface area contributed by atoms with Crippen LogP contribution >= 0.6 is 0 Å². The molecule has 0 spiro atoms. The van der Waals surface area contributed by atoms with Gasteiger partial charge in [0.1, 0.15) is 0 Å². The fourth-order valence-electron chi connectivity index (χ4n) is 3.86. The van der Waals surface area contributed by atoms with E-state index in [-0.39, 0.29) is 0 Å². The number of aryl methyl sites for hydroxylation is 1. The summed E-state index contributed by atoms with van der Waals surface area (Å²) in [6.45, 7) is 4.82. The molecule has 0 saturated heterocycles. The minimum atomic E-state index is 0.544. The van der Waals surface area contributed by atoms with Crippen molar-refractivity contribution in [3.05, 3.63) is 17.5 Å². The SMILES string of the molecule is CC1CCC(NC2CCCc3c2cnn3C)CC1C. The van der Waals surface area contributed by atoms with Gasteiger partial charge < -0.3 is 5.32 Å². The summed E-state index contributed by atoms with van der Waals surface area (Å²) in [4.78, 5) is 0. The van der Waals surface area contributed by atoms with Gasteiger partial charge in [-0.3, -0.25) is 4.68 Å². The molecule has 1 heterocycles. The Hall–Kier alpha value is -0.830. The second kappa shape index (κ2) is 5.28. The molecule has 4 unspecified atom stereocenters. The average Bonchev–Trinajstić information content (AvgIpc) is 2.77. The third-order valence-corrected chi connectivity index (χ3v) is 5.41. The highest BCUT2D eigenvalue weighted by Gasteiger charge is 2.29. The molecule has 3 heteroatoms. The Labute approximate surface area is 116 Å². The van der Waals surface area contributed by atoms with E-state index in [9.17, 15) is 0 Å². The van der Waals surface area contributed by atoms with Gasteiger partial charge in [0.15, 0.2) is 0 Å². The van der Waals surface area contributed by atoms with E-state index in [1.807, 2.05) is 0 Å². The van der Waals surface area contributed by atoms with Gasteiger partial charge >= 0.3 is 0 Å². The highest BCUT2D eigenvalue weighted by molar-refractivity contribution is 5.24. The molecule has 0 aliphatic heterocycles. The Balaban J connectivity index is 1.68. The fourth-order valence-corrected chi connectivity index (χ4v) is 3.86. The predicted octanol–water partition coefficient (Wildman–Crippen LogP) is 3.21. The van der Waals surface area contributed by atoms with Crippen molar-refractivity contribution in [1.82, 2.24) is 15.1 Å². The maximum absolute atomic E-state index is 4.45. The molecule has 1 N–H and O–H groups in total. The van der Waals surface area contributed by atoms with Crippen LogP contribution in [0.3, 0.4) is 0 Å². The van der Waals surface area contributed by atoms with Crippen molar-refractivity contribution in [3.63, 3.8) is 0 Å². The van der Waals surface area contributed by atoms with Crippen LogP contribution in [-0.4, -0.2) is 15.8 Å². The molecule has 1 aromatic heterocycles. The zero-order valence-electron chi connectivity index (χ0n) is 12.5. The topological polar surface area (TPSA) is 29.9 Å². The van der Waals surface area contributed by atoms with Gasteiger partial charge in [0.2, 0.25) is 0 Å². The number of nitrogens with one attached hydrogen (secondary N) is 1. The Morgan fingerprint density at radius 2 is 2.05 bits per heavy atom. The fraction of sp³-hybridized carbons (Fsp3) is 0.812. The van der Waals surface area contributed by atoms with E-state index in [1.165, 1.54) is 49.8 Å². The summed E-state index contributed by atoms with van der Waals surface area (Å²) in [5.74, 6) is 1.77. The normalized spacial score (nSPS) is 35.1. The standard InChI is InChI=1S/C16H27N3/c1-11-7-8-13(9-12(11)2)18-15-5-4-6-16-14(15)10-17-19(16)3/h10-13,15,18H,4-9H2,1-3H3. The minimum Gasteiger partial charge on any atom is -0.307 e. The zero-order valence-corrected chi connectivity index (χ0v) is 12.5. The van der Waals surface area contributed by atoms with Gasteiger partial charge in [-0.1, -0.05) is 13.8 Å². The maximum Gasteiger partial charge on any atom is 0.0540 e. The van der Waals surface area contributed by atoms with Gasteiger partial charge in [-0.05, 0) is 50.4 Å². The Morgan fingerprint density at radius 3 is 2.84 bits per heavy atom. The van der Waals surface area contributed by atoms with Crippen LogP contribution in [0.15, 0.2) is 6.20 Å². The van der Waals surface area contributed by atoms with Gasteiger partial charge in [0.05, 0.1) is 6.20 Å². The van der Waals surface area contributed by atoms with Crippen LogP contribution in [0.2, 0.25) is 0 Å². The molecule has 1 saturated carbocycles. The molecule has 4 atom stereocenters. The maximum atomic E-state index is 4.45. The second-order valence-electron chi connectivity index (χ2n) is 6.75. The van der Waals surface area contributed by atoms with Crippen LogP contribution in [0, 0.1) is 11.8 Å². The number of nitrogens with zero attached hydrogens (tertiary/aromatic N) is 2. The van der Waals surface area contributed by atoms with Gasteiger partial charge in [0.25, 0.3) is 0 Å². The summed E-state index contributed by atoms with van der Waals surface area (Å²) in [7, 11) is 2.07. The summed E-state index contributed by atoms with van der Waals surface area (Å²) in [6.07, 6.45) is 9.92. The first-order chi connectivity index (χ1) is 9.15. The molecule has 106 valence electrons. The monoisotopic (exact) mass is 261 g/mol. The van der Waals surface area contributed by atoms with Crippen LogP contribution in [0.1, 0.15) is 63.3 Å². The van der Waals surface area contributed by atoms with E-state index in [1.54, 1.807) is 0 Å². The largest absolute Gasteiger partial charge is 0.307 e. The van der Waals surface area contributed by atoms with Crippen LogP contribution in [0.4, 0.5) is 0 Å². The lowest BCUT2D eigenvalue weighted by molar-refractivity contribution is 0.210. The van der Waals surface area contributed by atoms with Crippen molar-refractivity contribution >= 4 is 0 Å². The van der Waals surface area contributed by atoms with Crippen LogP contribution < -0.4 is 5.32 Å². The molecule has 0 radical (unpaired) electrons. The highest BCUT2D eigenvalue weighted by atomic mass is 15.3. The number of rotatable bonds is 2. The summed E-state index contributed by atoms with van der Waals surface area (Å²) < 4.78 is 2.06. The molecule has 2 aliphatic carbocycles. The number of hydrogen-bond acceptors (Lipinski definition) is 2. The van der Waals surface area contributed by atoms with Crippen molar-refractivity contribution in [2.75, 3.05) is 0 Å². The molecule has 1 aromatic rings. The van der Waals surface area contributed by atoms with Gasteiger partial charge in [-0.25, -0.2) is 0 Å². The van der Waals surface area contributed by atoms with E-state index >= 15 is 0 Å². The van der Waals surface area contributed by atoms with Crippen LogP contribution in [0.25, 0.3) is 0 Å². The minimum absolute atomic E-state index is 0.544. The quantitative estimate of drug-likeness (QED) is 0.886. The molecular formula is C16H27N3. The smallest absolute Gasteiger partial charge is 0.0540 e. The van der Waals surface area contributed by atoms with Crippen molar-refractivity contribution < 1.29 is 0 Å². The molecular weight excluding hydrogens is 234 g/mol. The van der Waals surface area contributed by atoms with Crippen molar-refractivity contribution in [2.45, 2.75) is 64.5 Å². The summed E-state index contributed by atoms with van der Waals surface area (Å²) >= 11 is 0. The predicted molar refractivity (Wildman–Crippen MR) is 78.0 cm³/mol. The molecule has 0 amide bonds. The molecule has 2 aliphatic rings. The Bertz CT molecular complexity index is 437. The summed E-state index contributed by atoms with van der Waals surface area (Å²) in [6, 6.07) is 1.26. The number of aromatic nitrogens is 2. The highest BCUT2D eigenvalue weighted by Crippen LogP contribution is 2.34. The van der Waals surface area contributed by atoms with Crippen molar-refractivity contribution in [3.8, 4) is 0 Å². The number of hydrogen-bond donors (Lipinski definition) is 1. The van der Waals surface area contributed by atoms with E-state index < -0.39 is 0 Å². The van der Waals surface area contributed by atoms with E-state index in [0.717, 1.165) is 11.8 Å². The van der Waals surface area contributed by atoms with Gasteiger partial charge in [-0.15, -0.1) is 0 Å². The zero-order chi connectivity index (χ0) is 13.4. The average molecular weight is 261 g/mol. The first-order valence-electron chi connectivity index (χ1n) is 7.92. The van der Waals surface area contributed by atoms with E-state index in [4.69, 9.17) is 0 Å². The lowest BCUT2D eigenvalue weighted by Gasteiger charge is -2.36. The lowest BCUT2D eigenvalue weighted by Crippen LogP contribution is -2.39.